The summed E-state index contributed by atoms with van der Waals surface area (Å²) in [5.74, 6) is 0.386. The van der Waals surface area contributed by atoms with Crippen LogP contribution in [0.25, 0.3) is 0 Å². The van der Waals surface area contributed by atoms with Crippen LogP contribution in [0.15, 0.2) is 53.4 Å². The highest BCUT2D eigenvalue weighted by molar-refractivity contribution is 7.92. The second-order valence-corrected chi connectivity index (χ2v) is 9.64. The van der Waals surface area contributed by atoms with Crippen molar-refractivity contribution < 1.29 is 13.2 Å². The Morgan fingerprint density at radius 1 is 1.00 bits per heavy atom. The van der Waals surface area contributed by atoms with Crippen molar-refractivity contribution in [2.75, 3.05) is 11.4 Å². The average molecular weight is 401 g/mol. The normalized spacial score (nSPS) is 19.8. The first-order chi connectivity index (χ1) is 13.3. The summed E-state index contributed by atoms with van der Waals surface area (Å²) in [5, 5.41) is 3.12. The van der Waals surface area contributed by atoms with Crippen molar-refractivity contribution in [1.82, 2.24) is 5.32 Å². The van der Waals surface area contributed by atoms with Crippen molar-refractivity contribution in [3.8, 4) is 0 Å². The molecule has 3 rings (SSSR count). The molecule has 0 aliphatic heterocycles. The molecule has 28 heavy (non-hydrogen) atoms. The van der Waals surface area contributed by atoms with Gasteiger partial charge < -0.3 is 5.32 Å². The van der Waals surface area contributed by atoms with Gasteiger partial charge in [0.25, 0.3) is 15.9 Å². The lowest BCUT2D eigenvalue weighted by Crippen LogP contribution is -2.41. The van der Waals surface area contributed by atoms with E-state index >= 15 is 0 Å². The van der Waals surface area contributed by atoms with E-state index in [9.17, 15) is 13.2 Å². The number of nitrogens with zero attached hydrogens (tertiary/aromatic N) is 1. The number of carbonyl (C=O) groups is 1. The Hall–Kier alpha value is -2.34. The van der Waals surface area contributed by atoms with E-state index < -0.39 is 10.0 Å². The monoisotopic (exact) mass is 400 g/mol. The molecule has 0 unspecified atom stereocenters. The zero-order chi connectivity index (χ0) is 20.3. The third kappa shape index (κ3) is 4.38. The van der Waals surface area contributed by atoms with Crippen molar-refractivity contribution >= 4 is 21.6 Å². The molecule has 1 fully saturated rings. The molecule has 1 aliphatic carbocycles. The molecule has 1 N–H and O–H groups in total. The van der Waals surface area contributed by atoms with E-state index in [-0.39, 0.29) is 16.8 Å². The van der Waals surface area contributed by atoms with Crippen LogP contribution in [0.4, 0.5) is 5.69 Å². The molecule has 1 aliphatic rings. The van der Waals surface area contributed by atoms with Gasteiger partial charge in [-0.3, -0.25) is 9.10 Å². The molecule has 6 heteroatoms. The Morgan fingerprint density at radius 3 is 2.21 bits per heavy atom. The zero-order valence-corrected chi connectivity index (χ0v) is 17.5. The number of hydrogen-bond donors (Lipinski definition) is 1. The average Bonchev–Trinajstić information content (AvgIpc) is 2.69. The van der Waals surface area contributed by atoms with Crippen LogP contribution in [-0.4, -0.2) is 27.4 Å². The highest BCUT2D eigenvalue weighted by atomic mass is 32.2. The molecule has 2 atom stereocenters. The van der Waals surface area contributed by atoms with Crippen LogP contribution >= 0.6 is 0 Å². The smallest absolute Gasteiger partial charge is 0.264 e. The highest BCUT2D eigenvalue weighted by Crippen LogP contribution is 2.25. The maximum Gasteiger partial charge on any atom is 0.264 e. The van der Waals surface area contributed by atoms with Gasteiger partial charge in [-0.15, -0.1) is 0 Å². The van der Waals surface area contributed by atoms with E-state index in [1.54, 1.807) is 48.5 Å². The summed E-state index contributed by atoms with van der Waals surface area (Å²) in [6.07, 6.45) is 4.54. The van der Waals surface area contributed by atoms with Gasteiger partial charge in [-0.25, -0.2) is 8.42 Å². The first-order valence-corrected chi connectivity index (χ1v) is 11.2. The predicted molar refractivity (Wildman–Crippen MR) is 112 cm³/mol. The van der Waals surface area contributed by atoms with Gasteiger partial charge in [0.15, 0.2) is 0 Å². The largest absolute Gasteiger partial charge is 0.349 e. The molecule has 2 aromatic rings. The summed E-state index contributed by atoms with van der Waals surface area (Å²) < 4.78 is 26.9. The van der Waals surface area contributed by atoms with Gasteiger partial charge >= 0.3 is 0 Å². The van der Waals surface area contributed by atoms with E-state index in [4.69, 9.17) is 0 Å². The summed E-state index contributed by atoms with van der Waals surface area (Å²) in [5.41, 5.74) is 2.06. The Bertz CT molecular complexity index is 921. The van der Waals surface area contributed by atoms with Gasteiger partial charge in [-0.2, -0.15) is 0 Å². The number of rotatable bonds is 5. The molecule has 5 nitrogen and oxygen atoms in total. The van der Waals surface area contributed by atoms with Gasteiger partial charge in [-0.1, -0.05) is 37.5 Å². The molecule has 2 aromatic carbocycles. The molecular weight excluding hydrogens is 372 g/mol. The number of benzene rings is 2. The fraction of sp³-hybridized carbons (Fsp3) is 0.409. The molecule has 1 amide bonds. The van der Waals surface area contributed by atoms with Crippen LogP contribution in [0.1, 0.15) is 48.5 Å². The molecule has 0 aromatic heterocycles. The lowest BCUT2D eigenvalue weighted by atomic mass is 9.86. The van der Waals surface area contributed by atoms with E-state index in [1.165, 1.54) is 17.8 Å². The van der Waals surface area contributed by atoms with Crippen LogP contribution in [0.2, 0.25) is 0 Å². The molecule has 150 valence electrons. The first-order valence-electron chi connectivity index (χ1n) is 9.75. The second kappa shape index (κ2) is 8.35. The quantitative estimate of drug-likeness (QED) is 0.821. The van der Waals surface area contributed by atoms with Gasteiger partial charge in [-0.05, 0) is 62.1 Å². The number of sulfonamides is 1. The fourth-order valence-electron chi connectivity index (χ4n) is 3.61. The minimum atomic E-state index is -3.64. The molecule has 0 heterocycles. The Kier molecular flexibility index (Phi) is 6.08. The van der Waals surface area contributed by atoms with Crippen molar-refractivity contribution in [2.24, 2.45) is 5.92 Å². The third-order valence-electron chi connectivity index (χ3n) is 5.60. The van der Waals surface area contributed by atoms with Gasteiger partial charge in [0.1, 0.15) is 0 Å². The third-order valence-corrected chi connectivity index (χ3v) is 7.40. The summed E-state index contributed by atoms with van der Waals surface area (Å²) >= 11 is 0. The summed E-state index contributed by atoms with van der Waals surface area (Å²) in [7, 11) is -2.12. The van der Waals surface area contributed by atoms with Crippen LogP contribution < -0.4 is 9.62 Å². The molecule has 0 spiro atoms. The van der Waals surface area contributed by atoms with Crippen LogP contribution in [-0.2, 0) is 10.0 Å². The van der Waals surface area contributed by atoms with Gasteiger partial charge in [0.2, 0.25) is 0 Å². The Balaban J connectivity index is 1.72. The minimum absolute atomic E-state index is 0.102. The highest BCUT2D eigenvalue weighted by Gasteiger charge is 2.24. The minimum Gasteiger partial charge on any atom is -0.349 e. The molecular formula is C22H28N2O3S. The van der Waals surface area contributed by atoms with Crippen molar-refractivity contribution in [2.45, 2.75) is 50.5 Å². The SMILES string of the molecule is Cc1ccc(S(=O)(=O)N(C)c2ccc(C(=O)N[C@@H]3CCCC[C@@H]3C)cc2)cc1. The van der Waals surface area contributed by atoms with Crippen LogP contribution in [0.3, 0.4) is 0 Å². The molecule has 0 bridgehead atoms. The number of amides is 1. The second-order valence-electron chi connectivity index (χ2n) is 7.67. The van der Waals surface area contributed by atoms with Crippen LogP contribution in [0, 0.1) is 12.8 Å². The van der Waals surface area contributed by atoms with Gasteiger partial charge in [0, 0.05) is 18.7 Å². The Labute approximate surface area is 167 Å². The Morgan fingerprint density at radius 2 is 1.61 bits per heavy atom. The number of aryl methyl sites for hydroxylation is 1. The maximum absolute atomic E-state index is 12.8. The van der Waals surface area contributed by atoms with Crippen LogP contribution in [0.5, 0.6) is 0 Å². The number of anilines is 1. The van der Waals surface area contributed by atoms with E-state index in [2.05, 4.69) is 12.2 Å². The van der Waals surface area contributed by atoms with E-state index in [0.29, 0.717) is 17.2 Å². The lowest BCUT2D eigenvalue weighted by Gasteiger charge is -2.29. The summed E-state index contributed by atoms with van der Waals surface area (Å²) in [4.78, 5) is 12.8. The molecule has 0 radical (unpaired) electrons. The fourth-order valence-corrected chi connectivity index (χ4v) is 4.81. The molecule has 1 saturated carbocycles. The van der Waals surface area contributed by atoms with Gasteiger partial charge in [0.05, 0.1) is 10.6 Å². The number of nitrogens with one attached hydrogen (secondary N) is 1. The van der Waals surface area contributed by atoms with Crippen molar-refractivity contribution in [3.63, 3.8) is 0 Å². The topological polar surface area (TPSA) is 66.5 Å². The standard InChI is InChI=1S/C22H28N2O3S/c1-16-8-14-20(15-9-16)28(26,27)24(3)19-12-10-18(11-13-19)22(25)23-21-7-5-4-6-17(21)2/h8-15,17,21H,4-7H2,1-3H3,(H,23,25)/t17-,21+/m0/s1. The van der Waals surface area contributed by atoms with Crippen molar-refractivity contribution in [3.05, 3.63) is 59.7 Å². The summed E-state index contributed by atoms with van der Waals surface area (Å²) in [6, 6.07) is 13.7. The lowest BCUT2D eigenvalue weighted by molar-refractivity contribution is 0.0910. The van der Waals surface area contributed by atoms with E-state index in [0.717, 1.165) is 24.8 Å². The number of hydrogen-bond acceptors (Lipinski definition) is 3. The number of carbonyl (C=O) groups excluding carboxylic acids is 1. The predicted octanol–water partition coefficient (Wildman–Crippen LogP) is 4.13. The molecule has 0 saturated heterocycles. The maximum atomic E-state index is 12.8. The van der Waals surface area contributed by atoms with Crippen molar-refractivity contribution in [1.29, 1.82) is 0 Å². The van der Waals surface area contributed by atoms with E-state index in [1.807, 2.05) is 6.92 Å². The first kappa shape index (κ1) is 20.4. The zero-order valence-electron chi connectivity index (χ0n) is 16.7. The summed E-state index contributed by atoms with van der Waals surface area (Å²) in [6.45, 7) is 4.09.